The fourth-order valence-corrected chi connectivity index (χ4v) is 3.13. The molecule has 2 aromatic carbocycles. The van der Waals surface area contributed by atoms with Gasteiger partial charge >= 0.3 is 13.2 Å². The summed E-state index contributed by atoms with van der Waals surface area (Å²) < 4.78 is 32.0. The summed E-state index contributed by atoms with van der Waals surface area (Å²) in [5.41, 5.74) is 0.991. The van der Waals surface area contributed by atoms with Crippen molar-refractivity contribution in [2.75, 3.05) is 6.54 Å². The molecular weight excluding hydrogens is 412 g/mol. The molecule has 1 aliphatic heterocycles. The first-order chi connectivity index (χ1) is 15.1. The number of amides is 1. The predicted octanol–water partition coefficient (Wildman–Crippen LogP) is 4.26. The predicted molar refractivity (Wildman–Crippen MR) is 121 cm³/mol. The maximum Gasteiger partial charge on any atom is 0.492 e. The molecule has 0 spiro atoms. The lowest BCUT2D eigenvalue weighted by Crippen LogP contribution is -2.41. The summed E-state index contributed by atoms with van der Waals surface area (Å²) in [7, 11) is -0.772. The summed E-state index contributed by atoms with van der Waals surface area (Å²) in [5.74, 6) is -0.489. The topological polar surface area (TPSA) is 77.0 Å². The number of hydrogen-bond donors (Lipinski definition) is 2. The Labute approximate surface area is 188 Å². The van der Waals surface area contributed by atoms with E-state index in [1.54, 1.807) is 18.2 Å². The van der Waals surface area contributed by atoms with Gasteiger partial charge in [-0.2, -0.15) is 0 Å². The lowest BCUT2D eigenvalue weighted by atomic mass is 9.77. The van der Waals surface area contributed by atoms with E-state index in [0.29, 0.717) is 16.6 Å². The highest BCUT2D eigenvalue weighted by molar-refractivity contribution is 6.56. The molecule has 1 saturated heterocycles. The Balaban J connectivity index is 1.76. The van der Waals surface area contributed by atoms with E-state index in [-0.39, 0.29) is 19.8 Å². The molecule has 8 heteroatoms. The molecule has 32 heavy (non-hydrogen) atoms. The number of halogens is 1. The normalized spacial score (nSPS) is 17.3. The van der Waals surface area contributed by atoms with Crippen LogP contribution in [0.5, 0.6) is 0 Å². The summed E-state index contributed by atoms with van der Waals surface area (Å²) in [5, 5.41) is 11.9. The number of nitrogens with one attached hydrogen (secondary N) is 1. The van der Waals surface area contributed by atoms with Gasteiger partial charge in [0.25, 0.3) is 0 Å². The van der Waals surface area contributed by atoms with Crippen LogP contribution in [0.25, 0.3) is 6.08 Å². The Kier molecular flexibility index (Phi) is 7.38. The van der Waals surface area contributed by atoms with Crippen LogP contribution >= 0.6 is 0 Å². The van der Waals surface area contributed by atoms with Gasteiger partial charge in [-0.3, -0.25) is 0 Å². The molecule has 0 saturated carbocycles. The van der Waals surface area contributed by atoms with Crippen LogP contribution in [0.4, 0.5) is 9.18 Å². The first kappa shape index (κ1) is 24.0. The second kappa shape index (κ2) is 9.86. The molecule has 1 amide bonds. The van der Waals surface area contributed by atoms with Gasteiger partial charge in [-0.25, -0.2) is 9.18 Å². The van der Waals surface area contributed by atoms with Crippen molar-refractivity contribution in [1.82, 2.24) is 5.32 Å². The highest BCUT2D eigenvalue weighted by Gasteiger charge is 2.52. The number of rotatable bonds is 7. The number of ether oxygens (including phenoxy) is 1. The molecule has 0 bridgehead atoms. The Morgan fingerprint density at radius 1 is 1.09 bits per heavy atom. The standard InChI is InChI=1S/C24H29BFNO5/c1-23(2)24(3,4)32-25(31-23)20(13-19-11-10-18(15-28)12-21(19)26)14-27-22(29)30-16-17-8-6-5-7-9-17/h5-13,28H,14-16H2,1-4H3,(H,27,29). The van der Waals surface area contributed by atoms with Crippen LogP contribution in [0.15, 0.2) is 54.0 Å². The molecule has 1 aliphatic rings. The van der Waals surface area contributed by atoms with Gasteiger partial charge in [0.15, 0.2) is 0 Å². The highest BCUT2D eigenvalue weighted by Crippen LogP contribution is 2.38. The van der Waals surface area contributed by atoms with Crippen molar-refractivity contribution in [3.8, 4) is 0 Å². The molecule has 0 unspecified atom stereocenters. The minimum Gasteiger partial charge on any atom is -0.445 e. The van der Waals surface area contributed by atoms with Crippen molar-refractivity contribution in [2.45, 2.75) is 52.1 Å². The zero-order valence-electron chi connectivity index (χ0n) is 18.9. The van der Waals surface area contributed by atoms with Crippen LogP contribution in [0.2, 0.25) is 0 Å². The SMILES string of the molecule is CC1(C)OB(C(=Cc2ccc(CO)cc2F)CNC(=O)OCc2ccccc2)OC1(C)C. The third-order valence-electron chi connectivity index (χ3n) is 5.79. The largest absolute Gasteiger partial charge is 0.492 e. The van der Waals surface area contributed by atoms with Gasteiger partial charge in [-0.15, -0.1) is 0 Å². The van der Waals surface area contributed by atoms with Crippen LogP contribution in [-0.4, -0.2) is 36.1 Å². The van der Waals surface area contributed by atoms with E-state index in [1.165, 1.54) is 6.07 Å². The Hall–Kier alpha value is -2.68. The lowest BCUT2D eigenvalue weighted by molar-refractivity contribution is 0.00578. The van der Waals surface area contributed by atoms with Crippen LogP contribution in [-0.2, 0) is 27.3 Å². The average molecular weight is 441 g/mol. The summed E-state index contributed by atoms with van der Waals surface area (Å²) in [4.78, 5) is 12.2. The summed E-state index contributed by atoms with van der Waals surface area (Å²) in [6.45, 7) is 7.61. The summed E-state index contributed by atoms with van der Waals surface area (Å²) in [6, 6.07) is 13.8. The second-order valence-corrected chi connectivity index (χ2v) is 8.74. The second-order valence-electron chi connectivity index (χ2n) is 8.74. The number of hydrogen-bond acceptors (Lipinski definition) is 5. The van der Waals surface area contributed by atoms with Crippen LogP contribution in [0, 0.1) is 5.82 Å². The monoisotopic (exact) mass is 441 g/mol. The molecule has 0 aliphatic carbocycles. The summed E-state index contributed by atoms with van der Waals surface area (Å²) >= 11 is 0. The maximum absolute atomic E-state index is 14.5. The zero-order chi connectivity index (χ0) is 23.4. The van der Waals surface area contributed by atoms with Crippen molar-refractivity contribution >= 4 is 19.3 Å². The number of aliphatic hydroxyl groups excluding tert-OH is 1. The van der Waals surface area contributed by atoms with Crippen LogP contribution in [0.1, 0.15) is 44.4 Å². The van der Waals surface area contributed by atoms with E-state index in [0.717, 1.165) is 5.56 Å². The van der Waals surface area contributed by atoms with Crippen molar-refractivity contribution < 1.29 is 28.3 Å². The van der Waals surface area contributed by atoms with E-state index in [1.807, 2.05) is 58.0 Å². The quantitative estimate of drug-likeness (QED) is 0.628. The zero-order valence-corrected chi connectivity index (χ0v) is 18.9. The van der Waals surface area contributed by atoms with Gasteiger partial charge in [0.05, 0.1) is 17.8 Å². The van der Waals surface area contributed by atoms with E-state index >= 15 is 0 Å². The fourth-order valence-electron chi connectivity index (χ4n) is 3.13. The van der Waals surface area contributed by atoms with Gasteiger partial charge < -0.3 is 24.5 Å². The number of aliphatic hydroxyl groups is 1. The molecule has 6 nitrogen and oxygen atoms in total. The third-order valence-corrected chi connectivity index (χ3v) is 5.79. The minimum absolute atomic E-state index is 0.0473. The average Bonchev–Trinajstić information content (AvgIpc) is 2.98. The van der Waals surface area contributed by atoms with E-state index in [2.05, 4.69) is 5.32 Å². The van der Waals surface area contributed by atoms with Gasteiger partial charge in [0, 0.05) is 12.1 Å². The minimum atomic E-state index is -0.772. The first-order valence-electron chi connectivity index (χ1n) is 10.5. The molecule has 2 N–H and O–H groups in total. The van der Waals surface area contributed by atoms with E-state index in [4.69, 9.17) is 14.0 Å². The maximum atomic E-state index is 14.5. The molecule has 1 fully saturated rings. The number of carbonyl (C=O) groups is 1. The Bertz CT molecular complexity index is 962. The van der Waals surface area contributed by atoms with Crippen molar-refractivity contribution in [3.05, 3.63) is 76.5 Å². The van der Waals surface area contributed by atoms with Gasteiger partial charge in [-0.05, 0) is 50.4 Å². The molecule has 0 atom stereocenters. The number of alkyl carbamates (subject to hydrolysis) is 1. The van der Waals surface area contributed by atoms with Gasteiger partial charge in [0.1, 0.15) is 12.4 Å². The van der Waals surface area contributed by atoms with Crippen molar-refractivity contribution in [1.29, 1.82) is 0 Å². The molecule has 0 aromatic heterocycles. The molecular formula is C24H29BFNO5. The highest BCUT2D eigenvalue weighted by atomic mass is 19.1. The molecule has 0 radical (unpaired) electrons. The molecule has 3 rings (SSSR count). The van der Waals surface area contributed by atoms with Crippen molar-refractivity contribution in [3.63, 3.8) is 0 Å². The van der Waals surface area contributed by atoms with E-state index < -0.39 is 30.2 Å². The molecule has 2 aromatic rings. The third kappa shape index (κ3) is 5.76. The van der Waals surface area contributed by atoms with E-state index in [9.17, 15) is 14.3 Å². The first-order valence-corrected chi connectivity index (χ1v) is 10.5. The smallest absolute Gasteiger partial charge is 0.445 e. The molecule has 170 valence electrons. The Morgan fingerprint density at radius 2 is 1.75 bits per heavy atom. The molecule has 1 heterocycles. The fraction of sp³-hybridized carbons (Fsp3) is 0.375. The van der Waals surface area contributed by atoms with Crippen LogP contribution in [0.3, 0.4) is 0 Å². The van der Waals surface area contributed by atoms with Gasteiger partial charge in [0.2, 0.25) is 0 Å². The van der Waals surface area contributed by atoms with Crippen molar-refractivity contribution in [2.24, 2.45) is 0 Å². The van der Waals surface area contributed by atoms with Crippen LogP contribution < -0.4 is 5.32 Å². The summed E-state index contributed by atoms with van der Waals surface area (Å²) in [6.07, 6.45) is 0.989. The number of benzene rings is 2. The van der Waals surface area contributed by atoms with Gasteiger partial charge in [-0.1, -0.05) is 48.5 Å². The lowest BCUT2D eigenvalue weighted by Gasteiger charge is -2.32. The number of carbonyl (C=O) groups excluding carboxylic acids is 1. The Morgan fingerprint density at radius 3 is 2.34 bits per heavy atom.